The van der Waals surface area contributed by atoms with Crippen molar-refractivity contribution in [2.75, 3.05) is 42.9 Å². The summed E-state index contributed by atoms with van der Waals surface area (Å²) in [6.45, 7) is 13.1. The molecule has 0 spiro atoms. The zero-order chi connectivity index (χ0) is 22.8. The van der Waals surface area contributed by atoms with Gasteiger partial charge >= 0.3 is 0 Å². The second-order valence-electron chi connectivity index (χ2n) is 8.13. The number of aromatic nitrogens is 3. The third kappa shape index (κ3) is 4.23. The van der Waals surface area contributed by atoms with Crippen molar-refractivity contribution in [2.45, 2.75) is 34.2 Å². The fourth-order valence-electron chi connectivity index (χ4n) is 4.20. The first-order valence-electron chi connectivity index (χ1n) is 11.2. The number of nitrogens with one attached hydrogen (secondary N) is 1. The number of aryl methyl sites for hydroxylation is 2. The normalized spacial score (nSPS) is 14.7. The standard InChI is InChI=1S/C24H30N6O2/c1-5-28-11-13-29(14-12-28)19-9-7-18(8-10-19)26-24-25-16(3)20-15-21(17(4)31)23(32)30(6-2)22(20)27-24/h7-10,15H,5-6,11-14H2,1-4H3,(H,25,26,27). The molecule has 8 nitrogen and oxygen atoms in total. The number of Topliss-reactive ketones (excluding diaryl/α,β-unsaturated/α-hetero) is 1. The third-order valence-electron chi connectivity index (χ3n) is 6.14. The molecule has 0 amide bonds. The summed E-state index contributed by atoms with van der Waals surface area (Å²) < 4.78 is 1.53. The number of ketones is 1. The van der Waals surface area contributed by atoms with Crippen LogP contribution in [-0.4, -0.2) is 57.9 Å². The highest BCUT2D eigenvalue weighted by Gasteiger charge is 2.17. The lowest BCUT2D eigenvalue weighted by Gasteiger charge is -2.35. The van der Waals surface area contributed by atoms with E-state index in [0.29, 0.717) is 29.2 Å². The number of hydrogen-bond acceptors (Lipinski definition) is 7. The van der Waals surface area contributed by atoms with Gasteiger partial charge in [0.25, 0.3) is 5.56 Å². The summed E-state index contributed by atoms with van der Waals surface area (Å²) in [5.74, 6) is 0.174. The minimum Gasteiger partial charge on any atom is -0.369 e. The molecule has 1 aliphatic heterocycles. The molecule has 2 aromatic heterocycles. The molecule has 0 atom stereocenters. The van der Waals surface area contributed by atoms with Crippen LogP contribution < -0.4 is 15.8 Å². The Bertz CT molecular complexity index is 1190. The lowest BCUT2D eigenvalue weighted by molar-refractivity contribution is 0.101. The largest absolute Gasteiger partial charge is 0.369 e. The maximum Gasteiger partial charge on any atom is 0.263 e. The van der Waals surface area contributed by atoms with Gasteiger partial charge in [0.1, 0.15) is 5.65 Å². The number of likely N-dealkylation sites (N-methyl/N-ethyl adjacent to an activating group) is 1. The molecule has 8 heteroatoms. The molecule has 3 heterocycles. The summed E-state index contributed by atoms with van der Waals surface area (Å²) in [7, 11) is 0. The van der Waals surface area contributed by atoms with Crippen LogP contribution in [0.5, 0.6) is 0 Å². The number of carbonyl (C=O) groups is 1. The molecule has 0 saturated carbocycles. The molecule has 32 heavy (non-hydrogen) atoms. The van der Waals surface area contributed by atoms with E-state index in [-0.39, 0.29) is 16.9 Å². The van der Waals surface area contributed by atoms with Crippen molar-refractivity contribution in [3.05, 3.63) is 51.9 Å². The van der Waals surface area contributed by atoms with Crippen molar-refractivity contribution in [2.24, 2.45) is 0 Å². The number of benzene rings is 1. The molecular weight excluding hydrogens is 404 g/mol. The van der Waals surface area contributed by atoms with Gasteiger partial charge in [0.05, 0.1) is 11.3 Å². The molecular formula is C24H30N6O2. The summed E-state index contributed by atoms with van der Waals surface area (Å²) >= 11 is 0. The average molecular weight is 435 g/mol. The molecule has 1 fully saturated rings. The molecule has 4 rings (SSSR count). The Kier molecular flexibility index (Phi) is 6.23. The SMILES string of the molecule is CCN1CCN(c2ccc(Nc3nc(C)c4cc(C(C)=O)c(=O)n(CC)c4n3)cc2)CC1. The topological polar surface area (TPSA) is 83.4 Å². The minimum absolute atomic E-state index is 0.169. The Labute approximate surface area is 187 Å². The predicted octanol–water partition coefficient (Wildman–Crippen LogP) is 3.21. The average Bonchev–Trinajstić information content (AvgIpc) is 2.79. The summed E-state index contributed by atoms with van der Waals surface area (Å²) in [6.07, 6.45) is 0. The van der Waals surface area contributed by atoms with Gasteiger partial charge in [0.15, 0.2) is 5.78 Å². The first-order chi connectivity index (χ1) is 15.4. The number of hydrogen-bond donors (Lipinski definition) is 1. The maximum atomic E-state index is 12.7. The summed E-state index contributed by atoms with van der Waals surface area (Å²) in [5.41, 5.74) is 3.19. The van der Waals surface area contributed by atoms with Crippen LogP contribution in [0.15, 0.2) is 35.1 Å². The van der Waals surface area contributed by atoms with Gasteiger partial charge in [-0.1, -0.05) is 6.92 Å². The Balaban J connectivity index is 1.60. The molecule has 1 saturated heterocycles. The number of nitrogens with zero attached hydrogens (tertiary/aromatic N) is 5. The minimum atomic E-state index is -0.316. The number of carbonyl (C=O) groups excluding carboxylic acids is 1. The van der Waals surface area contributed by atoms with Crippen molar-refractivity contribution in [3.63, 3.8) is 0 Å². The smallest absolute Gasteiger partial charge is 0.263 e. The molecule has 168 valence electrons. The highest BCUT2D eigenvalue weighted by atomic mass is 16.1. The zero-order valence-electron chi connectivity index (χ0n) is 19.2. The second-order valence-corrected chi connectivity index (χ2v) is 8.13. The van der Waals surface area contributed by atoms with Gasteiger partial charge in [0, 0.05) is 49.5 Å². The van der Waals surface area contributed by atoms with E-state index in [1.54, 1.807) is 6.07 Å². The van der Waals surface area contributed by atoms with Gasteiger partial charge in [-0.2, -0.15) is 4.98 Å². The van der Waals surface area contributed by atoms with E-state index in [1.165, 1.54) is 17.2 Å². The lowest BCUT2D eigenvalue weighted by Crippen LogP contribution is -2.46. The van der Waals surface area contributed by atoms with E-state index in [4.69, 9.17) is 0 Å². The van der Waals surface area contributed by atoms with Crippen molar-refractivity contribution in [1.82, 2.24) is 19.4 Å². The summed E-state index contributed by atoms with van der Waals surface area (Å²) in [4.78, 5) is 38.7. The van der Waals surface area contributed by atoms with E-state index in [0.717, 1.165) is 38.4 Å². The van der Waals surface area contributed by atoms with Gasteiger partial charge in [0.2, 0.25) is 5.95 Å². The van der Waals surface area contributed by atoms with E-state index >= 15 is 0 Å². The number of fused-ring (bicyclic) bond motifs is 1. The predicted molar refractivity (Wildman–Crippen MR) is 128 cm³/mol. The van der Waals surface area contributed by atoms with Crippen LogP contribution in [0.25, 0.3) is 11.0 Å². The zero-order valence-corrected chi connectivity index (χ0v) is 19.2. The summed E-state index contributed by atoms with van der Waals surface area (Å²) in [6, 6.07) is 9.88. The number of piperazine rings is 1. The first kappa shape index (κ1) is 22.0. The highest BCUT2D eigenvalue weighted by molar-refractivity contribution is 5.97. The van der Waals surface area contributed by atoms with Gasteiger partial charge in [-0.3, -0.25) is 14.2 Å². The van der Waals surface area contributed by atoms with E-state index in [9.17, 15) is 9.59 Å². The van der Waals surface area contributed by atoms with Gasteiger partial charge in [-0.05, 0) is 57.6 Å². The van der Waals surface area contributed by atoms with Crippen molar-refractivity contribution >= 4 is 34.1 Å². The van der Waals surface area contributed by atoms with Crippen LogP contribution in [0.4, 0.5) is 17.3 Å². The molecule has 1 N–H and O–H groups in total. The number of rotatable bonds is 6. The quantitative estimate of drug-likeness (QED) is 0.597. The van der Waals surface area contributed by atoms with Crippen LogP contribution in [0.2, 0.25) is 0 Å². The maximum absolute atomic E-state index is 12.7. The van der Waals surface area contributed by atoms with Crippen LogP contribution in [0.3, 0.4) is 0 Å². The number of anilines is 3. The van der Waals surface area contributed by atoms with Crippen LogP contribution in [-0.2, 0) is 6.54 Å². The molecule has 0 aliphatic carbocycles. The molecule has 1 aliphatic rings. The fourth-order valence-corrected chi connectivity index (χ4v) is 4.20. The highest BCUT2D eigenvalue weighted by Crippen LogP contribution is 2.23. The first-order valence-corrected chi connectivity index (χ1v) is 11.2. The second kappa shape index (κ2) is 9.08. The van der Waals surface area contributed by atoms with Crippen LogP contribution >= 0.6 is 0 Å². The third-order valence-corrected chi connectivity index (χ3v) is 6.14. The fraction of sp³-hybridized carbons (Fsp3) is 0.417. The molecule has 0 unspecified atom stereocenters. The Morgan fingerprint density at radius 2 is 1.72 bits per heavy atom. The van der Waals surface area contributed by atoms with E-state index in [2.05, 4.69) is 44.1 Å². The van der Waals surface area contributed by atoms with E-state index < -0.39 is 0 Å². The van der Waals surface area contributed by atoms with Crippen LogP contribution in [0.1, 0.15) is 36.8 Å². The summed E-state index contributed by atoms with van der Waals surface area (Å²) in [5, 5.41) is 3.97. The Morgan fingerprint density at radius 3 is 2.31 bits per heavy atom. The monoisotopic (exact) mass is 434 g/mol. The Hall–Kier alpha value is -3.26. The Morgan fingerprint density at radius 1 is 1.03 bits per heavy atom. The van der Waals surface area contributed by atoms with Gasteiger partial charge < -0.3 is 15.1 Å². The number of pyridine rings is 1. The van der Waals surface area contributed by atoms with Gasteiger partial charge in [-0.15, -0.1) is 0 Å². The molecule has 0 bridgehead atoms. The van der Waals surface area contributed by atoms with Crippen molar-refractivity contribution < 1.29 is 4.79 Å². The lowest BCUT2D eigenvalue weighted by atomic mass is 10.1. The molecule has 1 aromatic carbocycles. The van der Waals surface area contributed by atoms with Crippen molar-refractivity contribution in [1.29, 1.82) is 0 Å². The van der Waals surface area contributed by atoms with Crippen LogP contribution in [0, 0.1) is 6.92 Å². The van der Waals surface area contributed by atoms with Gasteiger partial charge in [-0.25, -0.2) is 4.98 Å². The van der Waals surface area contributed by atoms with Crippen molar-refractivity contribution in [3.8, 4) is 0 Å². The van der Waals surface area contributed by atoms with E-state index in [1.807, 2.05) is 26.0 Å². The molecule has 0 radical (unpaired) electrons. The molecule has 3 aromatic rings.